The van der Waals surface area contributed by atoms with Gasteiger partial charge < -0.3 is 5.32 Å². The van der Waals surface area contributed by atoms with Crippen LogP contribution in [0.2, 0.25) is 10.4 Å². The van der Waals surface area contributed by atoms with Gasteiger partial charge in [-0.2, -0.15) is 4.98 Å². The lowest BCUT2D eigenvalue weighted by atomic mass is 10.2. The Kier molecular flexibility index (Phi) is 6.05. The Bertz CT molecular complexity index is 376. The fraction of sp³-hybridized carbons (Fsp3) is 0.727. The van der Waals surface area contributed by atoms with E-state index in [1.165, 1.54) is 0 Å². The molecule has 1 rings (SSSR count). The molecule has 0 saturated heterocycles. The predicted octanol–water partition coefficient (Wildman–Crippen LogP) is 2.71. The minimum atomic E-state index is 0.0893. The highest BCUT2D eigenvalue weighted by atomic mass is 35.5. The van der Waals surface area contributed by atoms with Crippen molar-refractivity contribution in [3.8, 4) is 0 Å². The van der Waals surface area contributed by atoms with Crippen molar-refractivity contribution in [1.82, 2.24) is 20.1 Å². The maximum atomic E-state index is 5.87. The van der Waals surface area contributed by atoms with E-state index in [0.717, 1.165) is 13.1 Å². The zero-order valence-electron chi connectivity index (χ0n) is 11.1. The fourth-order valence-electron chi connectivity index (χ4n) is 1.82. The summed E-state index contributed by atoms with van der Waals surface area (Å²) in [6.07, 6.45) is 0. The van der Waals surface area contributed by atoms with Gasteiger partial charge in [-0.05, 0) is 39.3 Å². The average Bonchev–Trinajstić information content (AvgIpc) is 2.27. The van der Waals surface area contributed by atoms with Crippen molar-refractivity contribution < 1.29 is 0 Å². The number of hydrogen-bond donors (Lipinski definition) is 1. The molecule has 1 N–H and O–H groups in total. The second kappa shape index (κ2) is 7.07. The van der Waals surface area contributed by atoms with Gasteiger partial charge in [0.25, 0.3) is 0 Å². The lowest BCUT2D eigenvalue weighted by Gasteiger charge is -2.30. The monoisotopic (exact) mass is 291 g/mol. The first-order valence-electron chi connectivity index (χ1n) is 5.97. The van der Waals surface area contributed by atoms with E-state index in [1.807, 2.05) is 0 Å². The molecule has 102 valence electrons. The van der Waals surface area contributed by atoms with Crippen LogP contribution in [0.15, 0.2) is 0 Å². The van der Waals surface area contributed by atoms with E-state index >= 15 is 0 Å². The Hall–Kier alpha value is -0.650. The maximum Gasteiger partial charge on any atom is 0.245 e. The van der Waals surface area contributed by atoms with Crippen molar-refractivity contribution in [3.05, 3.63) is 10.4 Å². The van der Waals surface area contributed by atoms with Gasteiger partial charge in [-0.25, -0.2) is 0 Å². The summed E-state index contributed by atoms with van der Waals surface area (Å²) in [5, 5.41) is 10.7. The Morgan fingerprint density at radius 2 is 1.72 bits per heavy atom. The Morgan fingerprint density at radius 3 is 2.28 bits per heavy atom. The molecule has 0 aromatic carbocycles. The second-order valence-corrected chi connectivity index (χ2v) is 5.27. The molecule has 0 atom stereocenters. The molecule has 0 unspecified atom stereocenters. The van der Waals surface area contributed by atoms with Crippen LogP contribution >= 0.6 is 23.2 Å². The van der Waals surface area contributed by atoms with Gasteiger partial charge >= 0.3 is 0 Å². The van der Waals surface area contributed by atoms with Crippen molar-refractivity contribution in [2.24, 2.45) is 0 Å². The van der Waals surface area contributed by atoms with Crippen LogP contribution < -0.4 is 5.32 Å². The van der Waals surface area contributed by atoms with E-state index in [1.54, 1.807) is 0 Å². The van der Waals surface area contributed by atoms with Crippen LogP contribution in [-0.4, -0.2) is 45.3 Å². The number of nitrogens with zero attached hydrogens (tertiary/aromatic N) is 4. The molecule has 0 radical (unpaired) electrons. The Balaban J connectivity index is 2.52. The molecule has 0 bridgehead atoms. The van der Waals surface area contributed by atoms with E-state index < -0.39 is 0 Å². The number of anilines is 1. The van der Waals surface area contributed by atoms with Gasteiger partial charge in [0.05, 0.1) is 0 Å². The number of aromatic nitrogens is 3. The summed E-state index contributed by atoms with van der Waals surface area (Å²) < 4.78 is 0. The summed E-state index contributed by atoms with van der Waals surface area (Å²) >= 11 is 11.5. The minimum absolute atomic E-state index is 0.0893. The van der Waals surface area contributed by atoms with E-state index in [-0.39, 0.29) is 10.4 Å². The van der Waals surface area contributed by atoms with Crippen LogP contribution in [-0.2, 0) is 0 Å². The molecule has 0 fully saturated rings. The highest BCUT2D eigenvalue weighted by molar-refractivity contribution is 6.32. The van der Waals surface area contributed by atoms with Gasteiger partial charge in [-0.3, -0.25) is 4.90 Å². The number of hydrogen-bond acceptors (Lipinski definition) is 5. The SMILES string of the molecule is CC(C)N(CCNc1nc(Cl)nnc1Cl)C(C)C. The van der Waals surface area contributed by atoms with Crippen LogP contribution in [0.25, 0.3) is 0 Å². The zero-order valence-corrected chi connectivity index (χ0v) is 12.6. The molecular weight excluding hydrogens is 273 g/mol. The first-order chi connectivity index (χ1) is 8.41. The van der Waals surface area contributed by atoms with Crippen LogP contribution in [0.4, 0.5) is 5.82 Å². The van der Waals surface area contributed by atoms with Gasteiger partial charge in [0.1, 0.15) is 0 Å². The fourth-order valence-corrected chi connectivity index (χ4v) is 2.09. The third-order valence-electron chi connectivity index (χ3n) is 2.61. The predicted molar refractivity (Wildman–Crippen MR) is 75.3 cm³/mol. The Labute approximate surface area is 118 Å². The van der Waals surface area contributed by atoms with E-state index in [2.05, 4.69) is 53.1 Å². The number of rotatable bonds is 6. The molecule has 0 saturated carbocycles. The first-order valence-corrected chi connectivity index (χ1v) is 6.72. The van der Waals surface area contributed by atoms with Crippen molar-refractivity contribution in [2.75, 3.05) is 18.4 Å². The van der Waals surface area contributed by atoms with E-state index in [4.69, 9.17) is 23.2 Å². The molecule has 0 amide bonds. The van der Waals surface area contributed by atoms with Crippen molar-refractivity contribution in [1.29, 1.82) is 0 Å². The summed E-state index contributed by atoms with van der Waals surface area (Å²) in [6.45, 7) is 10.3. The van der Waals surface area contributed by atoms with Crippen LogP contribution in [0.1, 0.15) is 27.7 Å². The van der Waals surface area contributed by atoms with Gasteiger partial charge in [0.2, 0.25) is 5.28 Å². The molecule has 18 heavy (non-hydrogen) atoms. The standard InChI is InChI=1S/C11H19Cl2N5/c1-7(2)18(8(3)4)6-5-14-10-9(12)16-17-11(13)15-10/h7-8H,5-6H2,1-4H3,(H,14,15,17). The van der Waals surface area contributed by atoms with E-state index in [0.29, 0.717) is 17.9 Å². The lowest BCUT2D eigenvalue weighted by Crippen LogP contribution is -2.40. The van der Waals surface area contributed by atoms with Crippen LogP contribution in [0.3, 0.4) is 0 Å². The third-order valence-corrected chi connectivity index (χ3v) is 3.02. The largest absolute Gasteiger partial charge is 0.366 e. The first kappa shape index (κ1) is 15.4. The topological polar surface area (TPSA) is 53.9 Å². The lowest BCUT2D eigenvalue weighted by molar-refractivity contribution is 0.182. The van der Waals surface area contributed by atoms with Gasteiger partial charge in [-0.1, -0.05) is 11.6 Å². The number of nitrogens with one attached hydrogen (secondary N) is 1. The van der Waals surface area contributed by atoms with Gasteiger partial charge in [0, 0.05) is 25.2 Å². The quantitative estimate of drug-likeness (QED) is 0.873. The third kappa shape index (κ3) is 4.55. The summed E-state index contributed by atoms with van der Waals surface area (Å²) in [7, 11) is 0. The highest BCUT2D eigenvalue weighted by Gasteiger charge is 2.13. The molecule has 0 spiro atoms. The summed E-state index contributed by atoms with van der Waals surface area (Å²) in [5.41, 5.74) is 0. The molecule has 1 aromatic heterocycles. The molecule has 0 aliphatic heterocycles. The van der Waals surface area contributed by atoms with Gasteiger partial charge in [-0.15, -0.1) is 10.2 Å². The summed E-state index contributed by atoms with van der Waals surface area (Å²) in [4.78, 5) is 6.36. The molecule has 0 aliphatic carbocycles. The molecule has 1 heterocycles. The molecule has 0 aliphatic rings. The second-order valence-electron chi connectivity index (χ2n) is 4.57. The normalized spacial score (nSPS) is 11.6. The Morgan fingerprint density at radius 1 is 1.11 bits per heavy atom. The highest BCUT2D eigenvalue weighted by Crippen LogP contribution is 2.16. The molecule has 7 heteroatoms. The molecular formula is C11H19Cl2N5. The maximum absolute atomic E-state index is 5.87. The molecule has 1 aromatic rings. The van der Waals surface area contributed by atoms with Gasteiger partial charge in [0.15, 0.2) is 11.0 Å². The van der Waals surface area contributed by atoms with Crippen molar-refractivity contribution >= 4 is 29.0 Å². The van der Waals surface area contributed by atoms with Crippen LogP contribution in [0.5, 0.6) is 0 Å². The van der Waals surface area contributed by atoms with Crippen molar-refractivity contribution in [3.63, 3.8) is 0 Å². The van der Waals surface area contributed by atoms with Crippen molar-refractivity contribution in [2.45, 2.75) is 39.8 Å². The average molecular weight is 292 g/mol. The zero-order chi connectivity index (χ0) is 13.7. The number of halogens is 2. The van der Waals surface area contributed by atoms with E-state index in [9.17, 15) is 0 Å². The van der Waals surface area contributed by atoms with Crippen LogP contribution in [0, 0.1) is 0 Å². The summed E-state index contributed by atoms with van der Waals surface area (Å²) in [5.74, 6) is 0.476. The summed E-state index contributed by atoms with van der Waals surface area (Å²) in [6, 6.07) is 0.990. The minimum Gasteiger partial charge on any atom is -0.366 e. The smallest absolute Gasteiger partial charge is 0.245 e. The molecule has 5 nitrogen and oxygen atoms in total.